The van der Waals surface area contributed by atoms with Crippen molar-refractivity contribution in [3.63, 3.8) is 0 Å². The number of hydrogen-bond donors (Lipinski definition) is 1. The lowest BCUT2D eigenvalue weighted by atomic mass is 9.99. The smallest absolute Gasteiger partial charge is 0.0320 e. The first-order chi connectivity index (χ1) is 7.66. The van der Waals surface area contributed by atoms with Gasteiger partial charge in [0.2, 0.25) is 0 Å². The normalized spacial score (nSPS) is 10.7. The maximum atomic E-state index is 5.77. The lowest BCUT2D eigenvalue weighted by Crippen LogP contribution is -1.88. The van der Waals surface area contributed by atoms with Crippen LogP contribution < -0.4 is 5.73 Å². The van der Waals surface area contributed by atoms with Crippen LogP contribution in [-0.2, 0) is 0 Å². The second-order valence-electron chi connectivity index (χ2n) is 4.40. The molecule has 0 spiro atoms. The van der Waals surface area contributed by atoms with Crippen LogP contribution in [0.3, 0.4) is 0 Å². The van der Waals surface area contributed by atoms with Crippen molar-refractivity contribution in [3.05, 3.63) is 54.1 Å². The van der Waals surface area contributed by atoms with Gasteiger partial charge in [-0.1, -0.05) is 50.2 Å². The first kappa shape index (κ1) is 10.7. The highest BCUT2D eigenvalue weighted by molar-refractivity contribution is 5.67. The lowest BCUT2D eigenvalue weighted by molar-refractivity contribution is 0.867. The third-order valence-electron chi connectivity index (χ3n) is 2.80. The predicted octanol–water partition coefficient (Wildman–Crippen LogP) is 4.06. The van der Waals surface area contributed by atoms with Gasteiger partial charge >= 0.3 is 0 Å². The van der Waals surface area contributed by atoms with E-state index < -0.39 is 0 Å². The Bertz CT molecular complexity index is 469. The lowest BCUT2D eigenvalue weighted by Gasteiger charge is -2.07. The number of benzene rings is 2. The molecule has 0 aliphatic rings. The highest BCUT2D eigenvalue weighted by Gasteiger charge is 2.00. The average molecular weight is 211 g/mol. The Morgan fingerprint density at radius 3 is 2.12 bits per heavy atom. The highest BCUT2D eigenvalue weighted by Crippen LogP contribution is 2.23. The van der Waals surface area contributed by atoms with E-state index in [9.17, 15) is 0 Å². The number of nitrogen functional groups attached to an aromatic ring is 1. The van der Waals surface area contributed by atoms with Crippen LogP contribution in [0.25, 0.3) is 11.1 Å². The monoisotopic (exact) mass is 211 g/mol. The van der Waals surface area contributed by atoms with Gasteiger partial charge < -0.3 is 5.73 Å². The van der Waals surface area contributed by atoms with E-state index >= 15 is 0 Å². The molecule has 1 heteroatoms. The number of nitrogens with two attached hydrogens (primary N) is 1. The third kappa shape index (κ3) is 2.25. The minimum absolute atomic E-state index is 0.579. The Balaban J connectivity index is 2.35. The number of rotatable bonds is 2. The predicted molar refractivity (Wildman–Crippen MR) is 70.4 cm³/mol. The summed E-state index contributed by atoms with van der Waals surface area (Å²) >= 11 is 0. The summed E-state index contributed by atoms with van der Waals surface area (Å²) in [6.07, 6.45) is 0. The molecule has 0 amide bonds. The molecule has 0 unspecified atom stereocenters. The van der Waals surface area contributed by atoms with Crippen molar-refractivity contribution in [2.75, 3.05) is 5.73 Å². The van der Waals surface area contributed by atoms with Crippen molar-refractivity contribution < 1.29 is 0 Å². The summed E-state index contributed by atoms with van der Waals surface area (Å²) in [5.74, 6) is 0.579. The molecule has 0 saturated carbocycles. The second-order valence-corrected chi connectivity index (χ2v) is 4.40. The fourth-order valence-corrected chi connectivity index (χ4v) is 1.78. The molecule has 2 rings (SSSR count). The van der Waals surface area contributed by atoms with Crippen molar-refractivity contribution in [1.29, 1.82) is 0 Å². The zero-order valence-electron chi connectivity index (χ0n) is 9.77. The van der Waals surface area contributed by atoms with Crippen molar-refractivity contribution >= 4 is 5.69 Å². The van der Waals surface area contributed by atoms with E-state index in [2.05, 4.69) is 44.2 Å². The maximum Gasteiger partial charge on any atom is 0.0320 e. The average Bonchev–Trinajstić information content (AvgIpc) is 2.29. The van der Waals surface area contributed by atoms with Crippen molar-refractivity contribution in [3.8, 4) is 11.1 Å². The number of anilines is 1. The molecular weight excluding hydrogens is 194 g/mol. The molecule has 0 fully saturated rings. The Kier molecular flexibility index (Phi) is 2.95. The Morgan fingerprint density at radius 2 is 1.56 bits per heavy atom. The van der Waals surface area contributed by atoms with E-state index in [1.165, 1.54) is 16.7 Å². The van der Waals surface area contributed by atoms with Crippen LogP contribution in [-0.4, -0.2) is 0 Å². The molecule has 0 aliphatic carbocycles. The summed E-state index contributed by atoms with van der Waals surface area (Å²) in [6.45, 7) is 4.41. The zero-order valence-corrected chi connectivity index (χ0v) is 9.77. The number of hydrogen-bond acceptors (Lipinski definition) is 1. The van der Waals surface area contributed by atoms with Crippen LogP contribution in [0, 0.1) is 0 Å². The highest BCUT2D eigenvalue weighted by atomic mass is 14.5. The van der Waals surface area contributed by atoms with Crippen LogP contribution in [0.4, 0.5) is 5.69 Å². The Morgan fingerprint density at radius 1 is 0.875 bits per heavy atom. The van der Waals surface area contributed by atoms with Crippen molar-refractivity contribution in [1.82, 2.24) is 0 Å². The molecule has 0 bridgehead atoms. The summed E-state index contributed by atoms with van der Waals surface area (Å²) in [5, 5.41) is 0. The van der Waals surface area contributed by atoms with Gasteiger partial charge in [-0.2, -0.15) is 0 Å². The van der Waals surface area contributed by atoms with Gasteiger partial charge in [-0.05, 0) is 34.7 Å². The van der Waals surface area contributed by atoms with E-state index in [0.717, 1.165) is 5.69 Å². The minimum Gasteiger partial charge on any atom is -0.399 e. The van der Waals surface area contributed by atoms with E-state index in [-0.39, 0.29) is 0 Å². The Labute approximate surface area is 96.9 Å². The quantitative estimate of drug-likeness (QED) is 0.745. The SMILES string of the molecule is CC(C)c1ccc(-c2cccc(N)c2)cc1. The van der Waals surface area contributed by atoms with E-state index in [0.29, 0.717) is 5.92 Å². The fraction of sp³-hybridized carbons (Fsp3) is 0.200. The van der Waals surface area contributed by atoms with Gasteiger partial charge in [0, 0.05) is 5.69 Å². The van der Waals surface area contributed by atoms with Gasteiger partial charge in [-0.25, -0.2) is 0 Å². The summed E-state index contributed by atoms with van der Waals surface area (Å²) in [5.41, 5.74) is 10.3. The molecule has 0 radical (unpaired) electrons. The first-order valence-electron chi connectivity index (χ1n) is 5.62. The van der Waals surface area contributed by atoms with Crippen LogP contribution in [0.2, 0.25) is 0 Å². The van der Waals surface area contributed by atoms with Crippen molar-refractivity contribution in [2.24, 2.45) is 0 Å². The molecule has 0 aliphatic heterocycles. The van der Waals surface area contributed by atoms with Gasteiger partial charge in [0.1, 0.15) is 0 Å². The molecule has 0 saturated heterocycles. The van der Waals surface area contributed by atoms with E-state index in [1.807, 2.05) is 18.2 Å². The molecule has 1 nitrogen and oxygen atoms in total. The summed E-state index contributed by atoms with van der Waals surface area (Å²) in [6, 6.07) is 16.7. The molecule has 2 N–H and O–H groups in total. The van der Waals surface area contributed by atoms with Gasteiger partial charge in [0.15, 0.2) is 0 Å². The molecule has 0 heterocycles. The van der Waals surface area contributed by atoms with Gasteiger partial charge in [0.05, 0.1) is 0 Å². The second kappa shape index (κ2) is 4.40. The molecule has 82 valence electrons. The van der Waals surface area contributed by atoms with Crippen LogP contribution in [0.1, 0.15) is 25.3 Å². The molecule has 0 aromatic heterocycles. The van der Waals surface area contributed by atoms with Crippen LogP contribution in [0.15, 0.2) is 48.5 Å². The summed E-state index contributed by atoms with van der Waals surface area (Å²) in [7, 11) is 0. The zero-order chi connectivity index (χ0) is 11.5. The molecule has 0 atom stereocenters. The standard InChI is InChI=1S/C15H17N/c1-11(2)12-6-8-13(9-7-12)14-4-3-5-15(16)10-14/h3-11H,16H2,1-2H3. The van der Waals surface area contributed by atoms with Gasteiger partial charge in [-0.15, -0.1) is 0 Å². The summed E-state index contributed by atoms with van der Waals surface area (Å²) < 4.78 is 0. The topological polar surface area (TPSA) is 26.0 Å². The first-order valence-corrected chi connectivity index (χ1v) is 5.62. The van der Waals surface area contributed by atoms with Crippen LogP contribution >= 0.6 is 0 Å². The Hall–Kier alpha value is -1.76. The molecule has 2 aromatic rings. The fourth-order valence-electron chi connectivity index (χ4n) is 1.78. The van der Waals surface area contributed by atoms with Crippen molar-refractivity contribution in [2.45, 2.75) is 19.8 Å². The molecule has 2 aromatic carbocycles. The molecule has 16 heavy (non-hydrogen) atoms. The van der Waals surface area contributed by atoms with Gasteiger partial charge in [-0.3, -0.25) is 0 Å². The third-order valence-corrected chi connectivity index (χ3v) is 2.80. The largest absolute Gasteiger partial charge is 0.399 e. The minimum atomic E-state index is 0.579. The van der Waals surface area contributed by atoms with E-state index in [1.54, 1.807) is 0 Å². The van der Waals surface area contributed by atoms with E-state index in [4.69, 9.17) is 5.73 Å². The van der Waals surface area contributed by atoms with Gasteiger partial charge in [0.25, 0.3) is 0 Å². The maximum absolute atomic E-state index is 5.77. The van der Waals surface area contributed by atoms with Crippen LogP contribution in [0.5, 0.6) is 0 Å². The summed E-state index contributed by atoms with van der Waals surface area (Å²) in [4.78, 5) is 0. The molecular formula is C15H17N.